The highest BCUT2D eigenvalue weighted by Crippen LogP contribution is 2.26. The van der Waals surface area contributed by atoms with E-state index in [-0.39, 0.29) is 18.4 Å². The van der Waals surface area contributed by atoms with E-state index < -0.39 is 0 Å². The molecule has 1 amide bonds. The lowest BCUT2D eigenvalue weighted by Gasteiger charge is -2.32. The number of hydrogen-bond acceptors (Lipinski definition) is 5. The number of likely N-dealkylation sites (N-methyl/N-ethyl adjacent to an activating group) is 1. The highest BCUT2D eigenvalue weighted by atomic mass is 35.5. The molecule has 0 aromatic heterocycles. The van der Waals surface area contributed by atoms with Gasteiger partial charge in [-0.3, -0.25) is 9.69 Å². The van der Waals surface area contributed by atoms with Gasteiger partial charge in [-0.25, -0.2) is 0 Å². The van der Waals surface area contributed by atoms with Crippen molar-refractivity contribution in [2.24, 2.45) is 0 Å². The molecule has 3 rings (SSSR count). The van der Waals surface area contributed by atoms with Crippen LogP contribution in [-0.2, 0) is 20.7 Å². The summed E-state index contributed by atoms with van der Waals surface area (Å²) in [6.07, 6.45) is 1.37. The number of nitrogens with one attached hydrogen (secondary N) is 1. The predicted molar refractivity (Wildman–Crippen MR) is 138 cm³/mol. The SMILES string of the molecule is COCCOCCNC1CCN(C[C@H](c2ccccc2)N(C)C(=O)Cc2ccc(Cl)c(Cl)c2)C1. The van der Waals surface area contributed by atoms with Crippen molar-refractivity contribution in [3.05, 3.63) is 69.7 Å². The molecule has 8 heteroatoms. The van der Waals surface area contributed by atoms with Gasteiger partial charge in [0.25, 0.3) is 0 Å². The van der Waals surface area contributed by atoms with Gasteiger partial charge in [-0.1, -0.05) is 59.6 Å². The summed E-state index contributed by atoms with van der Waals surface area (Å²) in [6.45, 7) is 5.49. The molecule has 0 bridgehead atoms. The van der Waals surface area contributed by atoms with Crippen molar-refractivity contribution in [3.63, 3.8) is 0 Å². The quantitative estimate of drug-likeness (QED) is 0.414. The van der Waals surface area contributed by atoms with Crippen molar-refractivity contribution in [2.75, 3.05) is 60.2 Å². The molecule has 1 N–H and O–H groups in total. The van der Waals surface area contributed by atoms with Crippen molar-refractivity contribution in [1.82, 2.24) is 15.1 Å². The minimum atomic E-state index is -0.0346. The van der Waals surface area contributed by atoms with Crippen LogP contribution in [0, 0.1) is 0 Å². The highest BCUT2D eigenvalue weighted by molar-refractivity contribution is 6.42. The summed E-state index contributed by atoms with van der Waals surface area (Å²) in [7, 11) is 3.57. The molecule has 1 fully saturated rings. The van der Waals surface area contributed by atoms with Crippen LogP contribution in [0.15, 0.2) is 48.5 Å². The normalized spacial score (nSPS) is 17.1. The monoisotopic (exact) mass is 507 g/mol. The Bertz CT molecular complexity index is 900. The molecule has 6 nitrogen and oxygen atoms in total. The molecule has 1 unspecified atom stereocenters. The average Bonchev–Trinajstić information content (AvgIpc) is 3.29. The molecular formula is C26H35Cl2N3O3. The summed E-state index contributed by atoms with van der Waals surface area (Å²) in [5, 5.41) is 4.54. The minimum Gasteiger partial charge on any atom is -0.382 e. The Morgan fingerprint density at radius 1 is 1.15 bits per heavy atom. The van der Waals surface area contributed by atoms with Gasteiger partial charge < -0.3 is 19.7 Å². The van der Waals surface area contributed by atoms with Crippen LogP contribution in [0.5, 0.6) is 0 Å². The van der Waals surface area contributed by atoms with Gasteiger partial charge in [0, 0.05) is 39.8 Å². The Morgan fingerprint density at radius 2 is 1.94 bits per heavy atom. The van der Waals surface area contributed by atoms with Gasteiger partial charge in [0.05, 0.1) is 42.3 Å². The third-order valence-electron chi connectivity index (χ3n) is 6.20. The molecule has 186 valence electrons. The molecule has 0 saturated carbocycles. The number of nitrogens with zero attached hydrogens (tertiary/aromatic N) is 2. The second-order valence-electron chi connectivity index (χ2n) is 8.66. The van der Waals surface area contributed by atoms with Crippen molar-refractivity contribution in [3.8, 4) is 0 Å². The van der Waals surface area contributed by atoms with Crippen LogP contribution in [0.2, 0.25) is 10.0 Å². The number of likely N-dealkylation sites (tertiary alicyclic amines) is 1. The van der Waals surface area contributed by atoms with E-state index in [0.717, 1.165) is 43.7 Å². The highest BCUT2D eigenvalue weighted by Gasteiger charge is 2.28. The fourth-order valence-corrected chi connectivity index (χ4v) is 4.56. The Labute approximate surface area is 213 Å². The van der Waals surface area contributed by atoms with E-state index in [4.69, 9.17) is 32.7 Å². The van der Waals surface area contributed by atoms with Crippen LogP contribution < -0.4 is 5.32 Å². The molecule has 34 heavy (non-hydrogen) atoms. The maximum atomic E-state index is 13.2. The van der Waals surface area contributed by atoms with Gasteiger partial charge in [0.15, 0.2) is 0 Å². The molecule has 1 saturated heterocycles. The van der Waals surface area contributed by atoms with E-state index in [1.54, 1.807) is 19.2 Å². The Balaban J connectivity index is 1.57. The molecule has 2 aromatic rings. The molecule has 1 aliphatic heterocycles. The van der Waals surface area contributed by atoms with E-state index >= 15 is 0 Å². The standard InChI is InChI=1S/C26H35Cl2N3O3/c1-30(26(32)17-20-8-9-23(27)24(28)16-20)25(21-6-4-3-5-7-21)19-31-12-10-22(18-31)29-11-13-34-15-14-33-2/h3-9,16,22,25,29H,10-15,17-19H2,1-2H3/t22?,25-/m1/s1. The second-order valence-corrected chi connectivity index (χ2v) is 9.48. The molecule has 2 atom stereocenters. The minimum absolute atomic E-state index is 0.0346. The second kappa shape index (κ2) is 14.0. The zero-order valence-corrected chi connectivity index (χ0v) is 21.5. The van der Waals surface area contributed by atoms with E-state index in [2.05, 4.69) is 22.3 Å². The summed E-state index contributed by atoms with van der Waals surface area (Å²) in [4.78, 5) is 17.5. The number of amides is 1. The van der Waals surface area contributed by atoms with Crippen LogP contribution in [0.4, 0.5) is 0 Å². The predicted octanol–water partition coefficient (Wildman–Crippen LogP) is 4.06. The first-order chi connectivity index (χ1) is 16.5. The Kier molecular flexibility index (Phi) is 11.1. The van der Waals surface area contributed by atoms with Crippen LogP contribution in [0.25, 0.3) is 0 Å². The maximum Gasteiger partial charge on any atom is 0.227 e. The molecule has 1 heterocycles. The Hall–Kier alpha value is -1.67. The van der Waals surface area contributed by atoms with Gasteiger partial charge in [-0.15, -0.1) is 0 Å². The van der Waals surface area contributed by atoms with Gasteiger partial charge in [-0.2, -0.15) is 0 Å². The zero-order valence-electron chi connectivity index (χ0n) is 20.0. The summed E-state index contributed by atoms with van der Waals surface area (Å²) in [6, 6.07) is 16.0. The van der Waals surface area contributed by atoms with Gasteiger partial charge in [0.1, 0.15) is 0 Å². The average molecular weight is 508 g/mol. The summed E-state index contributed by atoms with van der Waals surface area (Å²) >= 11 is 12.2. The summed E-state index contributed by atoms with van der Waals surface area (Å²) in [5.41, 5.74) is 1.99. The fourth-order valence-electron chi connectivity index (χ4n) is 4.24. The van der Waals surface area contributed by atoms with Gasteiger partial charge >= 0.3 is 0 Å². The van der Waals surface area contributed by atoms with Crippen molar-refractivity contribution >= 4 is 29.1 Å². The van der Waals surface area contributed by atoms with Crippen LogP contribution in [0.1, 0.15) is 23.6 Å². The number of halogens is 2. The van der Waals surface area contributed by atoms with Crippen molar-refractivity contribution in [2.45, 2.75) is 24.9 Å². The molecule has 1 aliphatic rings. The lowest BCUT2D eigenvalue weighted by Crippen LogP contribution is -2.41. The third kappa shape index (κ3) is 8.22. The van der Waals surface area contributed by atoms with Gasteiger partial charge in [-0.05, 0) is 36.2 Å². The maximum absolute atomic E-state index is 13.2. The topological polar surface area (TPSA) is 54.0 Å². The fraction of sp³-hybridized carbons (Fsp3) is 0.500. The van der Waals surface area contributed by atoms with Crippen molar-refractivity contribution in [1.29, 1.82) is 0 Å². The Morgan fingerprint density at radius 3 is 2.68 bits per heavy atom. The third-order valence-corrected chi connectivity index (χ3v) is 6.94. The number of rotatable bonds is 13. The molecule has 0 aliphatic carbocycles. The lowest BCUT2D eigenvalue weighted by atomic mass is 10.0. The van der Waals surface area contributed by atoms with Crippen molar-refractivity contribution < 1.29 is 14.3 Å². The smallest absolute Gasteiger partial charge is 0.227 e. The van der Waals surface area contributed by atoms with Gasteiger partial charge in [0.2, 0.25) is 5.91 Å². The summed E-state index contributed by atoms with van der Waals surface area (Å²) in [5.74, 6) is 0.0503. The number of benzene rings is 2. The molecule has 0 spiro atoms. The number of carbonyl (C=O) groups excluding carboxylic acids is 1. The number of hydrogen-bond donors (Lipinski definition) is 1. The van der Waals surface area contributed by atoms with E-state index in [1.807, 2.05) is 36.2 Å². The van der Waals surface area contributed by atoms with Crippen LogP contribution in [-0.4, -0.2) is 81.9 Å². The first-order valence-corrected chi connectivity index (χ1v) is 12.5. The lowest BCUT2D eigenvalue weighted by molar-refractivity contribution is -0.131. The number of ether oxygens (including phenoxy) is 2. The molecule has 0 radical (unpaired) electrons. The van der Waals surface area contributed by atoms with E-state index in [0.29, 0.717) is 35.9 Å². The zero-order chi connectivity index (χ0) is 24.3. The van der Waals surface area contributed by atoms with Crippen LogP contribution >= 0.6 is 23.2 Å². The van der Waals surface area contributed by atoms with E-state index in [9.17, 15) is 4.79 Å². The van der Waals surface area contributed by atoms with Crippen LogP contribution in [0.3, 0.4) is 0 Å². The largest absolute Gasteiger partial charge is 0.382 e. The van der Waals surface area contributed by atoms with E-state index in [1.165, 1.54) is 0 Å². The molecular weight excluding hydrogens is 473 g/mol. The number of carbonyl (C=O) groups is 1. The first kappa shape index (κ1) is 26.9. The number of methoxy groups -OCH3 is 1. The molecule has 2 aromatic carbocycles. The summed E-state index contributed by atoms with van der Waals surface area (Å²) < 4.78 is 10.5. The first-order valence-electron chi connectivity index (χ1n) is 11.7.